The number of rotatable bonds is 20. The highest BCUT2D eigenvalue weighted by Gasteiger charge is 2.73. The van der Waals surface area contributed by atoms with E-state index in [-0.39, 0.29) is 132 Å². The molecule has 3 saturated heterocycles. The molecule has 19 nitrogen and oxygen atoms in total. The van der Waals surface area contributed by atoms with E-state index in [1.807, 2.05) is 0 Å². The van der Waals surface area contributed by atoms with Crippen LogP contribution in [0, 0.1) is 134 Å². The lowest BCUT2D eigenvalue weighted by Gasteiger charge is -2.65. The van der Waals surface area contributed by atoms with Crippen molar-refractivity contribution >= 4 is 69.2 Å². The van der Waals surface area contributed by atoms with Crippen LogP contribution in [-0.4, -0.2) is 158 Å². The van der Waals surface area contributed by atoms with E-state index in [0.29, 0.717) is 148 Å². The summed E-state index contributed by atoms with van der Waals surface area (Å²) >= 11 is 0. The van der Waals surface area contributed by atoms with Crippen molar-refractivity contribution in [2.24, 2.45) is 134 Å². The van der Waals surface area contributed by atoms with E-state index >= 15 is 0 Å². The lowest BCUT2D eigenvalue weighted by molar-refractivity contribution is -0.402. The monoisotopic (exact) mass is 1910 g/mol. The summed E-state index contributed by atoms with van der Waals surface area (Å²) in [5, 5.41) is 0. The molecule has 24 bridgehead atoms. The molecule has 3 heterocycles. The summed E-state index contributed by atoms with van der Waals surface area (Å²) in [4.78, 5) is 112. The van der Waals surface area contributed by atoms with Gasteiger partial charge in [-0.05, 0) is 324 Å². The van der Waals surface area contributed by atoms with Crippen LogP contribution >= 0.6 is 0 Å². The van der Waals surface area contributed by atoms with Crippen LogP contribution in [0.3, 0.4) is 0 Å². The largest absolute Gasteiger partial charge is 0.465 e. The van der Waals surface area contributed by atoms with Gasteiger partial charge in [0.2, 0.25) is 0 Å². The van der Waals surface area contributed by atoms with Crippen molar-refractivity contribution in [1.29, 1.82) is 0 Å². The van der Waals surface area contributed by atoms with Gasteiger partial charge in [0.25, 0.3) is 0 Å². The van der Waals surface area contributed by atoms with Crippen molar-refractivity contribution < 1.29 is 108 Å². The molecule has 12 unspecified atom stereocenters. The van der Waals surface area contributed by atoms with Gasteiger partial charge in [-0.1, -0.05) is 87.5 Å². The zero-order valence-corrected chi connectivity index (χ0v) is 81.4. The van der Waals surface area contributed by atoms with Crippen molar-refractivity contribution in [3.05, 3.63) is 121 Å². The van der Waals surface area contributed by atoms with Gasteiger partial charge in [-0.15, -0.1) is 0 Å². The summed E-state index contributed by atoms with van der Waals surface area (Å²) < 4.78 is 125. The summed E-state index contributed by atoms with van der Waals surface area (Å²) in [6.07, 6.45) is 23.8. The first-order chi connectivity index (χ1) is 65.0. The van der Waals surface area contributed by atoms with Crippen molar-refractivity contribution in [3.8, 4) is 0 Å². The van der Waals surface area contributed by atoms with E-state index in [1.165, 1.54) is 75.2 Å². The van der Waals surface area contributed by atoms with Gasteiger partial charge in [-0.3, -0.25) is 28.8 Å². The predicted octanol–water partition coefficient (Wildman–Crippen LogP) is 19.9. The first-order valence-corrected chi connectivity index (χ1v) is 54.7. The minimum atomic E-state index is -3.59. The highest BCUT2D eigenvalue weighted by Crippen LogP contribution is 2.69. The van der Waals surface area contributed by atoms with Gasteiger partial charge in [0, 0.05) is 78.0 Å². The van der Waals surface area contributed by atoms with Gasteiger partial charge in [-0.2, -0.15) is 17.6 Å². The normalized spacial score (nSPS) is 42.0. The number of ketones is 2. The summed E-state index contributed by atoms with van der Waals surface area (Å²) in [7, 11) is 0.417. The SMILES string of the molecule is CC(C)(C)c1ccc([S+]2CCOCC2)cc1.CC(F)(F)C(=O)OC12CC3CC(C1)C1(OC(COC(=O)C45CC6CC(CC(C6)C4)C5)C(COC(=O)C45CC6CC(CC(C6)C4)C5)O1)C(C3)C2.CC(F)(F)C(=O)OC12CC3CC(C1)C1(OCC(COC(=O)C45CC6CC(C4)C(=O)C(C6)C5)C(COC(=O)C45CC6CC(C4)C(=O)C(C6)C5)O1)C(C3)C2.c1ccc([S+](c2ccccc2)c2ccccc2)cc1. The maximum absolute atomic E-state index is 14.0. The van der Waals surface area contributed by atoms with Gasteiger partial charge in [0.05, 0.1) is 59.0 Å². The molecule has 25 heteroatoms. The van der Waals surface area contributed by atoms with Crippen LogP contribution in [0.4, 0.5) is 17.6 Å². The Labute approximate surface area is 803 Å². The molecule has 31 rings (SSSR count). The second-order valence-corrected chi connectivity index (χ2v) is 52.8. The van der Waals surface area contributed by atoms with E-state index in [0.717, 1.165) is 116 Å². The molecule has 0 N–H and O–H groups in total. The van der Waals surface area contributed by atoms with E-state index in [2.05, 4.69) is 136 Å². The van der Waals surface area contributed by atoms with Gasteiger partial charge in [0.1, 0.15) is 72.4 Å². The Balaban J connectivity index is 0.000000117. The molecule has 12 atom stereocenters. The Kier molecular flexibility index (Phi) is 24.7. The maximum atomic E-state index is 14.0. The zero-order valence-electron chi connectivity index (χ0n) is 79.7. The third kappa shape index (κ3) is 17.7. The first kappa shape index (κ1) is 94.2. The Bertz CT molecular complexity index is 4860. The molecule has 4 aromatic rings. The second-order valence-electron chi connectivity index (χ2n) is 48.5. The second kappa shape index (κ2) is 35.7. The fraction of sp³-hybridized carbons (Fsp3) is 0.712. The van der Waals surface area contributed by atoms with Gasteiger partial charge >= 0.3 is 47.7 Å². The molecular formula is C111H138F4O19S2+2. The quantitative estimate of drug-likeness (QED) is 0.0346. The standard InChI is InChI=1S/C40H50F2O10.C39H52F2O8.C18H15S.C14H21OS/c1-36(41,42)33(45)52-39-10-22-6-28(15-39)40(29(7-22)16-39)50-18-27(17-48-34(46)37-8-20-2-23(11-37)31(43)24(3-20)12-37)30(51-40)19-49-35(47)38-9-21-4-25(13-38)32(44)26(5-21)14-38;1-35(40,41)32(42)49-38-16-27-8-28(17-38)39(29(9-27)18-38)47-30(19-45-33(43)36-10-21-2-22(11-36)4-23(3-21)12-36)31(48-39)20-46-34(44)37-13-24-5-25(14-37)7-26(6-24)15-37;1-4-10-16(11-5-1)19(17-12-6-2-7-13-17)18-14-8-3-9-15-18;1-14(2,3)12-4-6-13(7-5-12)16-10-8-15-9-11-16/h20-30H,2-19H2,1H3;21-31H,2-20H2,1H3;1-15H;4-7H,8-11H2,1-3H3/q;;2*+1. The number of Topliss-reactive ketones (excluding diaryl/α,β-unsaturated/α-hetero) is 2. The zero-order chi connectivity index (χ0) is 94.1. The highest BCUT2D eigenvalue weighted by atomic mass is 32.2. The third-order valence-corrected chi connectivity index (χ3v) is 42.1. The van der Waals surface area contributed by atoms with Gasteiger partial charge in [0.15, 0.2) is 31.2 Å². The minimum absolute atomic E-state index is 0.0146. The molecule has 27 aliphatic rings. The maximum Gasteiger partial charge on any atom is 0.377 e. The number of ether oxygens (including phenoxy) is 11. The smallest absolute Gasteiger partial charge is 0.377 e. The van der Waals surface area contributed by atoms with Crippen LogP contribution in [0.5, 0.6) is 0 Å². The number of alkyl halides is 4. The van der Waals surface area contributed by atoms with Crippen LogP contribution in [0.2, 0.25) is 0 Å². The summed E-state index contributed by atoms with van der Waals surface area (Å²) in [6, 6.07) is 41.4. The minimum Gasteiger partial charge on any atom is -0.465 e. The van der Waals surface area contributed by atoms with E-state index in [9.17, 15) is 55.9 Å². The molecular weight excluding hydrogens is 1780 g/mol. The van der Waals surface area contributed by atoms with Crippen LogP contribution in [0.15, 0.2) is 135 Å². The Morgan fingerprint density at radius 2 is 0.676 bits per heavy atom. The number of esters is 6. The molecule has 24 aliphatic carbocycles. The average Bonchev–Trinajstić information content (AvgIpc) is 1.19. The number of carbonyl (C=O) groups excluding carboxylic acids is 8. The number of halogens is 4. The summed E-state index contributed by atoms with van der Waals surface area (Å²) in [5.74, 6) is -6.56. The van der Waals surface area contributed by atoms with Crippen LogP contribution < -0.4 is 0 Å². The Morgan fingerprint density at radius 1 is 0.368 bits per heavy atom. The average molecular weight is 1920 g/mol. The van der Waals surface area contributed by atoms with Gasteiger partial charge in [-0.25, -0.2) is 9.59 Å². The Morgan fingerprint density at radius 3 is 1.02 bits per heavy atom. The number of hydrogen-bond donors (Lipinski definition) is 0. The molecule has 2 spiro atoms. The molecule has 4 aromatic carbocycles. The predicted molar refractivity (Wildman–Crippen MR) is 495 cm³/mol. The van der Waals surface area contributed by atoms with Crippen LogP contribution in [-0.2, 0) is 118 Å². The van der Waals surface area contributed by atoms with Crippen molar-refractivity contribution in [1.82, 2.24) is 0 Å². The third-order valence-electron chi connectivity index (χ3n) is 37.6. The van der Waals surface area contributed by atoms with Crippen LogP contribution in [0.25, 0.3) is 0 Å². The molecule has 24 saturated carbocycles. The van der Waals surface area contributed by atoms with Crippen molar-refractivity contribution in [3.63, 3.8) is 0 Å². The lowest BCUT2D eigenvalue weighted by Crippen LogP contribution is -2.70. The van der Waals surface area contributed by atoms with Crippen molar-refractivity contribution in [2.75, 3.05) is 57.8 Å². The molecule has 27 fully saturated rings. The summed E-state index contributed by atoms with van der Waals surface area (Å²) in [6.45, 7) is 10.0. The fourth-order valence-corrected chi connectivity index (χ4v) is 37.2. The topological polar surface area (TPSA) is 238 Å². The molecule has 0 radical (unpaired) electrons. The number of carbonyl (C=O) groups is 8. The molecule has 3 aliphatic heterocycles. The molecule has 734 valence electrons. The fourth-order valence-electron chi connectivity index (χ4n) is 33.3. The van der Waals surface area contributed by atoms with Crippen molar-refractivity contribution in [2.45, 2.75) is 318 Å². The number of benzene rings is 4. The number of hydrogen-bond acceptors (Lipinski definition) is 19. The van der Waals surface area contributed by atoms with Gasteiger partial charge < -0.3 is 52.1 Å². The Hall–Kier alpha value is -6.74. The molecule has 0 amide bonds. The molecule has 0 aromatic heterocycles. The van der Waals surface area contributed by atoms with E-state index in [4.69, 9.17) is 52.1 Å². The first-order valence-electron chi connectivity index (χ1n) is 51.9. The lowest BCUT2D eigenvalue weighted by atomic mass is 9.49. The summed E-state index contributed by atoms with van der Waals surface area (Å²) in [5.41, 5.74) is -2.35. The van der Waals surface area contributed by atoms with E-state index < -0.39 is 92.4 Å². The highest BCUT2D eigenvalue weighted by molar-refractivity contribution is 7.97. The van der Waals surface area contributed by atoms with Crippen LogP contribution in [0.1, 0.15) is 246 Å². The molecule has 136 heavy (non-hydrogen) atoms. The van der Waals surface area contributed by atoms with E-state index in [1.54, 1.807) is 0 Å².